The van der Waals surface area contributed by atoms with Crippen molar-refractivity contribution in [1.29, 1.82) is 5.26 Å². The van der Waals surface area contributed by atoms with Crippen molar-refractivity contribution in [2.24, 2.45) is 0 Å². The molecule has 2 aromatic heterocycles. The Morgan fingerprint density at radius 2 is 1.79 bits per heavy atom. The van der Waals surface area contributed by atoms with Crippen molar-refractivity contribution in [1.82, 2.24) is 15.0 Å². The number of thioether (sulfide) groups is 1. The highest BCUT2D eigenvalue weighted by molar-refractivity contribution is 7.98. The summed E-state index contributed by atoms with van der Waals surface area (Å²) in [7, 11) is 0. The third-order valence-corrected chi connectivity index (χ3v) is 4.85. The zero-order valence-electron chi connectivity index (χ0n) is 14.2. The second-order valence-electron chi connectivity index (χ2n) is 5.74. The topological polar surface area (TPSA) is 68.9 Å². The minimum Gasteiger partial charge on any atom is -0.353 e. The van der Waals surface area contributed by atoms with E-state index >= 15 is 0 Å². The van der Waals surface area contributed by atoms with Crippen molar-refractivity contribution in [2.45, 2.75) is 19.0 Å². The summed E-state index contributed by atoms with van der Waals surface area (Å²) < 4.78 is 0. The molecule has 3 rings (SSSR count). The third-order valence-electron chi connectivity index (χ3n) is 4.31. The summed E-state index contributed by atoms with van der Waals surface area (Å²) in [6.45, 7) is 7.69. The number of rotatable bonds is 3. The minimum absolute atomic E-state index is 0.592. The zero-order valence-corrected chi connectivity index (χ0v) is 15.0. The second-order valence-corrected chi connectivity index (χ2v) is 6.51. The number of hydrogen-bond donors (Lipinski definition) is 0. The van der Waals surface area contributed by atoms with E-state index in [1.165, 1.54) is 0 Å². The highest BCUT2D eigenvalue weighted by Crippen LogP contribution is 2.24. The van der Waals surface area contributed by atoms with Crippen LogP contribution in [-0.4, -0.2) is 47.4 Å². The molecule has 1 aliphatic heterocycles. The van der Waals surface area contributed by atoms with Gasteiger partial charge in [0.15, 0.2) is 5.16 Å². The Balaban J connectivity index is 1.73. The first-order valence-electron chi connectivity index (χ1n) is 7.87. The van der Waals surface area contributed by atoms with Gasteiger partial charge < -0.3 is 9.80 Å². The molecule has 0 radical (unpaired) electrons. The van der Waals surface area contributed by atoms with Crippen LogP contribution >= 0.6 is 11.8 Å². The molecule has 1 fully saturated rings. The van der Waals surface area contributed by atoms with Crippen molar-refractivity contribution in [3.63, 3.8) is 0 Å². The fourth-order valence-corrected chi connectivity index (χ4v) is 3.18. The van der Waals surface area contributed by atoms with E-state index in [1.807, 2.05) is 25.3 Å². The predicted octanol–water partition coefficient (Wildman–Crippen LogP) is 2.41. The molecule has 24 heavy (non-hydrogen) atoms. The van der Waals surface area contributed by atoms with Crippen LogP contribution in [0, 0.1) is 25.2 Å². The average molecular weight is 340 g/mol. The van der Waals surface area contributed by atoms with E-state index in [0.717, 1.165) is 54.2 Å². The summed E-state index contributed by atoms with van der Waals surface area (Å²) in [4.78, 5) is 18.2. The predicted molar refractivity (Wildman–Crippen MR) is 96.7 cm³/mol. The van der Waals surface area contributed by atoms with Crippen molar-refractivity contribution < 1.29 is 0 Å². The lowest BCUT2D eigenvalue weighted by Gasteiger charge is -2.36. The van der Waals surface area contributed by atoms with Crippen molar-refractivity contribution in [2.75, 3.05) is 42.2 Å². The first kappa shape index (κ1) is 16.5. The maximum Gasteiger partial charge on any atom is 0.189 e. The number of nitrogens with zero attached hydrogens (tertiary/aromatic N) is 6. The molecule has 1 aliphatic rings. The van der Waals surface area contributed by atoms with Crippen LogP contribution in [0.2, 0.25) is 0 Å². The Bertz CT molecular complexity index is 760. The highest BCUT2D eigenvalue weighted by Gasteiger charge is 2.21. The van der Waals surface area contributed by atoms with E-state index < -0.39 is 0 Å². The van der Waals surface area contributed by atoms with Crippen LogP contribution in [-0.2, 0) is 0 Å². The maximum atomic E-state index is 8.87. The third kappa shape index (κ3) is 3.29. The van der Waals surface area contributed by atoms with Gasteiger partial charge in [0, 0.05) is 43.6 Å². The molecule has 2 aromatic rings. The monoisotopic (exact) mass is 340 g/mol. The van der Waals surface area contributed by atoms with Crippen LogP contribution in [0.25, 0.3) is 0 Å². The van der Waals surface area contributed by atoms with Crippen LogP contribution in [0.1, 0.15) is 16.8 Å². The lowest BCUT2D eigenvalue weighted by Crippen LogP contribution is -2.47. The van der Waals surface area contributed by atoms with Gasteiger partial charge in [-0.05, 0) is 32.2 Å². The van der Waals surface area contributed by atoms with Crippen molar-refractivity contribution >= 4 is 23.4 Å². The van der Waals surface area contributed by atoms with Gasteiger partial charge in [-0.2, -0.15) is 5.26 Å². The van der Waals surface area contributed by atoms with Gasteiger partial charge in [-0.3, -0.25) is 0 Å². The Labute approximate surface area is 146 Å². The number of piperazine rings is 1. The van der Waals surface area contributed by atoms with E-state index in [-0.39, 0.29) is 0 Å². The molecule has 0 bridgehead atoms. The van der Waals surface area contributed by atoms with Crippen molar-refractivity contribution in [3.05, 3.63) is 35.2 Å². The largest absolute Gasteiger partial charge is 0.353 e. The van der Waals surface area contributed by atoms with E-state index in [2.05, 4.69) is 32.8 Å². The van der Waals surface area contributed by atoms with Crippen LogP contribution in [0.5, 0.6) is 0 Å². The summed E-state index contributed by atoms with van der Waals surface area (Å²) in [6.07, 6.45) is 3.63. The molecule has 0 unspecified atom stereocenters. The number of aromatic nitrogens is 3. The highest BCUT2D eigenvalue weighted by atomic mass is 32.2. The van der Waals surface area contributed by atoms with Crippen molar-refractivity contribution in [3.8, 4) is 6.07 Å². The molecule has 0 N–H and O–H groups in total. The van der Waals surface area contributed by atoms with Gasteiger partial charge in [-0.15, -0.1) is 0 Å². The van der Waals surface area contributed by atoms with Crippen LogP contribution in [0.4, 0.5) is 11.6 Å². The minimum atomic E-state index is 0.592. The van der Waals surface area contributed by atoms with Gasteiger partial charge in [0.2, 0.25) is 0 Å². The average Bonchev–Trinajstić information content (AvgIpc) is 2.64. The fourth-order valence-electron chi connectivity index (χ4n) is 2.77. The second kappa shape index (κ2) is 7.05. The summed E-state index contributed by atoms with van der Waals surface area (Å²) in [5.74, 6) is 1.97. The SMILES string of the molecule is CSc1nc(C)c(C)c(N2CCN(c3ccc(C#N)cn3)CC2)n1. The molecule has 124 valence electrons. The Morgan fingerprint density at radius 1 is 1.08 bits per heavy atom. The first-order valence-corrected chi connectivity index (χ1v) is 9.10. The van der Waals surface area contributed by atoms with Gasteiger partial charge in [-0.25, -0.2) is 15.0 Å². The smallest absolute Gasteiger partial charge is 0.189 e. The summed E-state index contributed by atoms with van der Waals surface area (Å²) in [5.41, 5.74) is 2.78. The van der Waals surface area contributed by atoms with Crippen LogP contribution < -0.4 is 9.80 Å². The quantitative estimate of drug-likeness (QED) is 0.628. The maximum absolute atomic E-state index is 8.87. The Kier molecular flexibility index (Phi) is 4.86. The molecule has 0 atom stereocenters. The van der Waals surface area contributed by atoms with Gasteiger partial charge in [0.25, 0.3) is 0 Å². The first-order chi connectivity index (χ1) is 11.6. The molecule has 0 spiro atoms. The summed E-state index contributed by atoms with van der Waals surface area (Å²) in [5, 5.41) is 9.69. The van der Waals surface area contributed by atoms with Gasteiger partial charge in [0.05, 0.1) is 5.56 Å². The van der Waals surface area contributed by atoms with E-state index in [0.29, 0.717) is 5.56 Å². The molecule has 0 amide bonds. The lowest BCUT2D eigenvalue weighted by atomic mass is 10.2. The van der Waals surface area contributed by atoms with Gasteiger partial charge in [-0.1, -0.05) is 11.8 Å². The number of nitriles is 1. The Morgan fingerprint density at radius 3 is 2.38 bits per heavy atom. The lowest BCUT2D eigenvalue weighted by molar-refractivity contribution is 0.635. The molecule has 0 aromatic carbocycles. The molecule has 0 aliphatic carbocycles. The van der Waals surface area contributed by atoms with E-state index in [4.69, 9.17) is 10.2 Å². The molecule has 3 heterocycles. The number of anilines is 2. The zero-order chi connectivity index (χ0) is 17.1. The van der Waals surface area contributed by atoms with E-state index in [1.54, 1.807) is 18.0 Å². The van der Waals surface area contributed by atoms with Crippen LogP contribution in [0.15, 0.2) is 23.5 Å². The molecule has 6 nitrogen and oxygen atoms in total. The Hall–Kier alpha value is -2.33. The number of hydrogen-bond acceptors (Lipinski definition) is 7. The molecular formula is C17H20N6S. The van der Waals surface area contributed by atoms with Gasteiger partial charge in [0.1, 0.15) is 17.7 Å². The van der Waals surface area contributed by atoms with Crippen LogP contribution in [0.3, 0.4) is 0 Å². The normalized spacial score (nSPS) is 14.6. The van der Waals surface area contributed by atoms with Gasteiger partial charge >= 0.3 is 0 Å². The van der Waals surface area contributed by atoms with E-state index in [9.17, 15) is 0 Å². The molecule has 7 heteroatoms. The number of aryl methyl sites for hydroxylation is 1. The summed E-state index contributed by atoms with van der Waals surface area (Å²) >= 11 is 1.58. The number of pyridine rings is 1. The molecule has 1 saturated heterocycles. The molecule has 0 saturated carbocycles. The standard InChI is InChI=1S/C17H20N6S/c1-12-13(2)20-17(24-3)21-16(12)23-8-6-22(7-9-23)15-5-4-14(10-18)11-19-15/h4-5,11H,6-9H2,1-3H3. The fraction of sp³-hybridized carbons (Fsp3) is 0.412. The summed E-state index contributed by atoms with van der Waals surface area (Å²) in [6, 6.07) is 5.84. The molecular weight excluding hydrogens is 320 g/mol.